The number of carbonyl (C=O) groups excluding carboxylic acids is 1. The van der Waals surface area contributed by atoms with Crippen molar-refractivity contribution in [1.29, 1.82) is 0 Å². The van der Waals surface area contributed by atoms with Crippen LogP contribution in [0.4, 0.5) is 0 Å². The molecule has 0 saturated heterocycles. The van der Waals surface area contributed by atoms with Gasteiger partial charge in [-0.05, 0) is 31.9 Å². The van der Waals surface area contributed by atoms with Gasteiger partial charge in [-0.25, -0.2) is 0 Å². The molecule has 0 aromatic heterocycles. The molecule has 0 atom stereocenters. The predicted molar refractivity (Wildman–Crippen MR) is 78.5 cm³/mol. The summed E-state index contributed by atoms with van der Waals surface area (Å²) in [6.45, 7) is 2.06. The molecular weight excluding hydrogens is 270 g/mol. The molecule has 1 saturated carbocycles. The summed E-state index contributed by atoms with van der Waals surface area (Å²) in [7, 11) is 0. The monoisotopic (exact) mass is 291 g/mol. The topological polar surface area (TPSA) is 66.8 Å². The molecule has 1 amide bonds. The van der Waals surface area contributed by atoms with Gasteiger partial charge in [0.15, 0.2) is 0 Å². The molecule has 5 nitrogen and oxygen atoms in total. The molecule has 0 radical (unpaired) electrons. The summed E-state index contributed by atoms with van der Waals surface area (Å²) in [5.74, 6) is -0.726. The number of para-hydroxylation sites is 1. The lowest BCUT2D eigenvalue weighted by Gasteiger charge is -2.28. The standard InChI is InChI=1S/C16H21NO4/c1-2-21-14-10-6-5-9-13(14)16(20)17(11-15(18)19)12-7-3-4-8-12/h5-6,9-10,12H,2-4,7-8,11H2,1H3,(H,18,19). The van der Waals surface area contributed by atoms with Crippen molar-refractivity contribution in [3.8, 4) is 5.75 Å². The van der Waals surface area contributed by atoms with E-state index in [0.29, 0.717) is 17.9 Å². The van der Waals surface area contributed by atoms with E-state index in [0.717, 1.165) is 25.7 Å². The fraction of sp³-hybridized carbons (Fsp3) is 0.500. The molecule has 1 aromatic carbocycles. The third-order valence-electron chi connectivity index (χ3n) is 3.75. The van der Waals surface area contributed by atoms with Gasteiger partial charge in [0, 0.05) is 6.04 Å². The first kappa shape index (κ1) is 15.4. The molecule has 1 aliphatic carbocycles. The lowest BCUT2D eigenvalue weighted by atomic mass is 10.1. The van der Waals surface area contributed by atoms with Crippen LogP contribution in [0.2, 0.25) is 0 Å². The van der Waals surface area contributed by atoms with Crippen molar-refractivity contribution in [1.82, 2.24) is 4.90 Å². The molecule has 0 spiro atoms. The fourth-order valence-corrected chi connectivity index (χ4v) is 2.81. The Hall–Kier alpha value is -2.04. The van der Waals surface area contributed by atoms with Crippen LogP contribution in [-0.4, -0.2) is 41.1 Å². The maximum absolute atomic E-state index is 12.7. The van der Waals surface area contributed by atoms with Gasteiger partial charge in [0.2, 0.25) is 0 Å². The molecule has 114 valence electrons. The molecule has 0 bridgehead atoms. The molecule has 1 N–H and O–H groups in total. The minimum absolute atomic E-state index is 0.0169. The van der Waals surface area contributed by atoms with Crippen LogP contribution in [0, 0.1) is 0 Å². The molecular formula is C16H21NO4. The van der Waals surface area contributed by atoms with E-state index >= 15 is 0 Å². The fourth-order valence-electron chi connectivity index (χ4n) is 2.81. The van der Waals surface area contributed by atoms with Crippen LogP contribution in [0.15, 0.2) is 24.3 Å². The number of aliphatic carboxylic acids is 1. The Morgan fingerprint density at radius 3 is 2.57 bits per heavy atom. The summed E-state index contributed by atoms with van der Waals surface area (Å²) in [5, 5.41) is 9.09. The van der Waals surface area contributed by atoms with Gasteiger partial charge in [0.05, 0.1) is 12.2 Å². The Balaban J connectivity index is 2.26. The van der Waals surface area contributed by atoms with Gasteiger partial charge in [-0.15, -0.1) is 0 Å². The highest BCUT2D eigenvalue weighted by Crippen LogP contribution is 2.27. The van der Waals surface area contributed by atoms with E-state index in [9.17, 15) is 9.59 Å². The number of carbonyl (C=O) groups is 2. The lowest BCUT2D eigenvalue weighted by Crippen LogP contribution is -2.42. The molecule has 2 rings (SSSR count). The average molecular weight is 291 g/mol. The number of amides is 1. The summed E-state index contributed by atoms with van der Waals surface area (Å²) in [6.07, 6.45) is 3.83. The number of carboxylic acids is 1. The van der Waals surface area contributed by atoms with Crippen LogP contribution in [-0.2, 0) is 4.79 Å². The summed E-state index contributed by atoms with van der Waals surface area (Å²) < 4.78 is 5.48. The first-order valence-electron chi connectivity index (χ1n) is 7.38. The van der Waals surface area contributed by atoms with Crippen LogP contribution in [0.5, 0.6) is 5.75 Å². The highest BCUT2D eigenvalue weighted by atomic mass is 16.5. The smallest absolute Gasteiger partial charge is 0.323 e. The van der Waals surface area contributed by atoms with E-state index < -0.39 is 5.97 Å². The summed E-state index contributed by atoms with van der Waals surface area (Å²) in [5.41, 5.74) is 0.437. The normalized spacial score (nSPS) is 14.9. The van der Waals surface area contributed by atoms with Crippen LogP contribution in [0.3, 0.4) is 0 Å². The number of benzene rings is 1. The molecule has 0 unspecified atom stereocenters. The summed E-state index contributed by atoms with van der Waals surface area (Å²) in [4.78, 5) is 25.3. The van der Waals surface area contributed by atoms with Gasteiger partial charge >= 0.3 is 5.97 Å². The third-order valence-corrected chi connectivity index (χ3v) is 3.75. The Morgan fingerprint density at radius 1 is 1.29 bits per heavy atom. The van der Waals surface area contributed by atoms with Crippen LogP contribution >= 0.6 is 0 Å². The Bertz CT molecular complexity index is 509. The number of rotatable bonds is 6. The molecule has 1 aromatic rings. The molecule has 5 heteroatoms. The zero-order valence-electron chi connectivity index (χ0n) is 12.2. The number of carboxylic acid groups (broad SMARTS) is 1. The second-order valence-corrected chi connectivity index (χ2v) is 5.19. The lowest BCUT2D eigenvalue weighted by molar-refractivity contribution is -0.138. The highest BCUT2D eigenvalue weighted by molar-refractivity contribution is 5.98. The van der Waals surface area contributed by atoms with Gasteiger partial charge in [0.25, 0.3) is 5.91 Å². The molecule has 1 fully saturated rings. The number of ether oxygens (including phenoxy) is 1. The third kappa shape index (κ3) is 3.74. The van der Waals surface area contributed by atoms with Crippen LogP contribution in [0.1, 0.15) is 43.0 Å². The van der Waals surface area contributed by atoms with Gasteiger partial charge in [-0.2, -0.15) is 0 Å². The van der Waals surface area contributed by atoms with Crippen molar-refractivity contribution in [2.45, 2.75) is 38.6 Å². The number of hydrogen-bond donors (Lipinski definition) is 1. The Morgan fingerprint density at radius 2 is 1.95 bits per heavy atom. The van der Waals surface area contributed by atoms with E-state index in [1.165, 1.54) is 4.90 Å². The van der Waals surface area contributed by atoms with E-state index in [2.05, 4.69) is 0 Å². The molecule has 1 aliphatic rings. The Labute approximate surface area is 124 Å². The predicted octanol–water partition coefficient (Wildman–Crippen LogP) is 2.55. The van der Waals surface area contributed by atoms with Crippen molar-refractivity contribution in [3.63, 3.8) is 0 Å². The maximum atomic E-state index is 12.7. The zero-order chi connectivity index (χ0) is 15.2. The van der Waals surface area contributed by atoms with Crippen molar-refractivity contribution in [2.24, 2.45) is 0 Å². The molecule has 0 aliphatic heterocycles. The largest absolute Gasteiger partial charge is 0.493 e. The minimum Gasteiger partial charge on any atom is -0.493 e. The first-order valence-corrected chi connectivity index (χ1v) is 7.38. The molecule has 0 heterocycles. The van der Waals surface area contributed by atoms with Crippen molar-refractivity contribution in [3.05, 3.63) is 29.8 Å². The van der Waals surface area contributed by atoms with Gasteiger partial charge in [-0.1, -0.05) is 25.0 Å². The quantitative estimate of drug-likeness (QED) is 0.874. The van der Waals surface area contributed by atoms with E-state index in [1.807, 2.05) is 6.92 Å². The second kappa shape index (κ2) is 7.11. The minimum atomic E-state index is -0.982. The van der Waals surface area contributed by atoms with Crippen molar-refractivity contribution >= 4 is 11.9 Å². The number of nitrogens with zero attached hydrogens (tertiary/aromatic N) is 1. The first-order chi connectivity index (χ1) is 10.1. The van der Waals surface area contributed by atoms with E-state index in [-0.39, 0.29) is 18.5 Å². The maximum Gasteiger partial charge on any atom is 0.323 e. The Kier molecular flexibility index (Phi) is 5.20. The van der Waals surface area contributed by atoms with Gasteiger partial charge in [0.1, 0.15) is 12.3 Å². The zero-order valence-corrected chi connectivity index (χ0v) is 12.2. The highest BCUT2D eigenvalue weighted by Gasteiger charge is 2.30. The number of hydrogen-bond acceptors (Lipinski definition) is 3. The summed E-state index contributed by atoms with van der Waals surface area (Å²) >= 11 is 0. The van der Waals surface area contributed by atoms with Crippen molar-refractivity contribution < 1.29 is 19.4 Å². The van der Waals surface area contributed by atoms with E-state index in [1.54, 1.807) is 24.3 Å². The van der Waals surface area contributed by atoms with Crippen LogP contribution < -0.4 is 4.74 Å². The summed E-state index contributed by atoms with van der Waals surface area (Å²) in [6, 6.07) is 7.02. The van der Waals surface area contributed by atoms with Gasteiger partial charge < -0.3 is 14.7 Å². The van der Waals surface area contributed by atoms with E-state index in [4.69, 9.17) is 9.84 Å². The van der Waals surface area contributed by atoms with Crippen LogP contribution in [0.25, 0.3) is 0 Å². The average Bonchev–Trinajstić information content (AvgIpc) is 2.99. The second-order valence-electron chi connectivity index (χ2n) is 5.19. The SMILES string of the molecule is CCOc1ccccc1C(=O)N(CC(=O)O)C1CCCC1. The van der Waals surface area contributed by atoms with Gasteiger partial charge in [-0.3, -0.25) is 9.59 Å². The molecule has 21 heavy (non-hydrogen) atoms. The van der Waals surface area contributed by atoms with Crippen molar-refractivity contribution in [2.75, 3.05) is 13.2 Å².